The van der Waals surface area contributed by atoms with E-state index in [1.165, 1.54) is 6.20 Å². The molecule has 0 amide bonds. The molecule has 0 spiro atoms. The van der Waals surface area contributed by atoms with Crippen molar-refractivity contribution in [3.8, 4) is 0 Å². The predicted octanol–water partition coefficient (Wildman–Crippen LogP) is 1.52. The Balaban J connectivity index is 1.40. The molecule has 5 atom stereocenters. The van der Waals surface area contributed by atoms with Gasteiger partial charge >= 0.3 is 0 Å². The molecule has 0 aromatic carbocycles. The van der Waals surface area contributed by atoms with E-state index in [0.29, 0.717) is 23.4 Å². The fourth-order valence-corrected chi connectivity index (χ4v) is 5.70. The summed E-state index contributed by atoms with van der Waals surface area (Å²) in [5, 5.41) is 10.8. The summed E-state index contributed by atoms with van der Waals surface area (Å²) in [5.74, 6) is 0.969. The average Bonchev–Trinajstić information content (AvgIpc) is 3.43. The number of ether oxygens (including phenoxy) is 2. The van der Waals surface area contributed by atoms with E-state index in [9.17, 15) is 8.42 Å². The number of rotatable bonds is 9. The van der Waals surface area contributed by atoms with E-state index >= 15 is 0 Å². The van der Waals surface area contributed by atoms with Crippen LogP contribution in [0.2, 0.25) is 5.02 Å². The molecule has 2 aromatic rings. The normalized spacial score (nSPS) is 26.1. The first-order valence-electron chi connectivity index (χ1n) is 10.5. The van der Waals surface area contributed by atoms with Crippen LogP contribution in [-0.4, -0.2) is 71.4 Å². The van der Waals surface area contributed by atoms with Crippen LogP contribution in [0.4, 0.5) is 17.5 Å². The van der Waals surface area contributed by atoms with Crippen molar-refractivity contribution >= 4 is 39.1 Å². The first kappa shape index (κ1) is 23.2. The molecular weight excluding hydrogens is 458 g/mol. The van der Waals surface area contributed by atoms with Crippen LogP contribution in [0.3, 0.4) is 0 Å². The van der Waals surface area contributed by atoms with Crippen LogP contribution in [0.15, 0.2) is 18.6 Å². The summed E-state index contributed by atoms with van der Waals surface area (Å²) in [6.07, 6.45) is 5.06. The Morgan fingerprint density at radius 1 is 1.25 bits per heavy atom. The number of halogens is 1. The van der Waals surface area contributed by atoms with Gasteiger partial charge in [-0.05, 0) is 5.92 Å². The van der Waals surface area contributed by atoms with Crippen LogP contribution in [0.5, 0.6) is 0 Å². The maximum absolute atomic E-state index is 12.5. The minimum absolute atomic E-state index is 0.0823. The highest BCUT2D eigenvalue weighted by molar-refractivity contribution is 7.89. The van der Waals surface area contributed by atoms with Gasteiger partial charge in [-0.15, -0.1) is 0 Å². The number of nitrogens with zero attached hydrogens (tertiary/aromatic N) is 4. The largest absolute Gasteiger partial charge is 0.371 e. The minimum Gasteiger partial charge on any atom is -0.371 e. The molecule has 2 aromatic heterocycles. The zero-order valence-corrected chi connectivity index (χ0v) is 19.7. The highest BCUT2D eigenvalue weighted by Gasteiger charge is 2.49. The van der Waals surface area contributed by atoms with Crippen LogP contribution in [0, 0.1) is 5.92 Å². The topological polar surface area (TPSA) is 132 Å². The van der Waals surface area contributed by atoms with Gasteiger partial charge in [-0.1, -0.05) is 31.9 Å². The predicted molar refractivity (Wildman–Crippen MR) is 121 cm³/mol. The van der Waals surface area contributed by atoms with Crippen molar-refractivity contribution in [2.24, 2.45) is 13.0 Å². The number of nitrogens with one attached hydrogen (secondary N) is 3. The van der Waals surface area contributed by atoms with Gasteiger partial charge < -0.3 is 20.1 Å². The van der Waals surface area contributed by atoms with E-state index in [2.05, 4.69) is 30.4 Å². The molecule has 0 radical (unpaired) electrons. The smallest absolute Gasteiger partial charge is 0.229 e. The summed E-state index contributed by atoms with van der Waals surface area (Å²) >= 11 is 6.30. The van der Waals surface area contributed by atoms with E-state index in [0.717, 1.165) is 12.1 Å². The zero-order valence-electron chi connectivity index (χ0n) is 18.2. The monoisotopic (exact) mass is 485 g/mol. The number of hydrogen-bond acceptors (Lipinski definition) is 9. The van der Waals surface area contributed by atoms with E-state index in [4.69, 9.17) is 21.1 Å². The van der Waals surface area contributed by atoms with E-state index in [1.807, 2.05) is 20.9 Å². The molecular formula is C19H28ClN7O4S. The summed E-state index contributed by atoms with van der Waals surface area (Å²) in [6, 6.07) is -0.660. The standard InChI is InChI=1S/C19H28ClN7O4S/c1-4-11(2)10-32(28,29)26-15-9-31-16-14(8-30-17(15)16)24-18-13(20)6-21-19(25-18)23-12-5-22-27(3)7-12/h5-7,11,14-17,26H,4,8-10H2,1-3H3,(H2,21,23,24,25)/t11?,14-,15+,16?,17?/m1/s1. The average molecular weight is 486 g/mol. The summed E-state index contributed by atoms with van der Waals surface area (Å²) in [7, 11) is -1.60. The van der Waals surface area contributed by atoms with E-state index in [1.54, 1.807) is 17.1 Å². The second kappa shape index (κ2) is 9.48. The fourth-order valence-electron chi connectivity index (χ4n) is 3.81. The molecule has 11 nitrogen and oxygen atoms in total. The van der Waals surface area contributed by atoms with Gasteiger partial charge in [0.2, 0.25) is 16.0 Å². The molecule has 3 N–H and O–H groups in total. The summed E-state index contributed by atoms with van der Waals surface area (Å²) < 4.78 is 41.1. The molecule has 2 aliphatic rings. The molecule has 2 aliphatic heterocycles. The molecule has 13 heteroatoms. The minimum atomic E-state index is -3.42. The van der Waals surface area contributed by atoms with Crippen molar-refractivity contribution in [3.63, 3.8) is 0 Å². The molecule has 0 aliphatic carbocycles. The number of fused-ring (bicyclic) bond motifs is 1. The van der Waals surface area contributed by atoms with Gasteiger partial charge in [-0.2, -0.15) is 10.1 Å². The SMILES string of the molecule is CCC(C)CS(=O)(=O)N[C@H]1COC2C1OC[C@H]2Nc1nc(Nc2cnn(C)c2)ncc1Cl. The Labute approximate surface area is 192 Å². The number of aryl methyl sites for hydroxylation is 1. The molecule has 4 heterocycles. The molecule has 0 bridgehead atoms. The van der Waals surface area contributed by atoms with Gasteiger partial charge in [0.15, 0.2) is 5.82 Å². The third-order valence-electron chi connectivity index (χ3n) is 5.61. The van der Waals surface area contributed by atoms with Crippen molar-refractivity contribution in [1.29, 1.82) is 0 Å². The first-order valence-corrected chi connectivity index (χ1v) is 12.5. The van der Waals surface area contributed by atoms with Gasteiger partial charge in [-0.3, -0.25) is 4.68 Å². The Bertz CT molecular complexity index is 1050. The summed E-state index contributed by atoms with van der Waals surface area (Å²) in [5.41, 5.74) is 0.747. The van der Waals surface area contributed by atoms with Crippen molar-refractivity contribution in [2.45, 2.75) is 44.6 Å². The Kier molecular flexibility index (Phi) is 6.86. The quantitative estimate of drug-likeness (QED) is 0.483. The third-order valence-corrected chi connectivity index (χ3v) is 7.56. The van der Waals surface area contributed by atoms with Gasteiger partial charge in [0.1, 0.15) is 17.2 Å². The van der Waals surface area contributed by atoms with Crippen molar-refractivity contribution < 1.29 is 17.9 Å². The Hall–Kier alpha value is -1.99. The van der Waals surface area contributed by atoms with Gasteiger partial charge in [-0.25, -0.2) is 18.1 Å². The number of hydrogen-bond donors (Lipinski definition) is 3. The summed E-state index contributed by atoms with van der Waals surface area (Å²) in [6.45, 7) is 4.48. The molecule has 0 saturated carbocycles. The fraction of sp³-hybridized carbons (Fsp3) is 0.632. The van der Waals surface area contributed by atoms with Gasteiger partial charge in [0, 0.05) is 13.2 Å². The first-order chi connectivity index (χ1) is 15.2. The van der Waals surface area contributed by atoms with Gasteiger partial charge in [0.25, 0.3) is 0 Å². The van der Waals surface area contributed by atoms with E-state index < -0.39 is 16.1 Å². The number of sulfonamides is 1. The Morgan fingerprint density at radius 3 is 2.66 bits per heavy atom. The second-order valence-electron chi connectivity index (χ2n) is 8.28. The lowest BCUT2D eigenvalue weighted by molar-refractivity contribution is 0.0690. The lowest BCUT2D eigenvalue weighted by Crippen LogP contribution is -2.46. The van der Waals surface area contributed by atoms with Gasteiger partial charge in [0.05, 0.1) is 49.1 Å². The van der Waals surface area contributed by atoms with Crippen molar-refractivity contribution in [1.82, 2.24) is 24.5 Å². The molecule has 32 heavy (non-hydrogen) atoms. The van der Waals surface area contributed by atoms with Crippen LogP contribution in [0.1, 0.15) is 20.3 Å². The Morgan fingerprint density at radius 2 is 1.97 bits per heavy atom. The van der Waals surface area contributed by atoms with Crippen LogP contribution < -0.4 is 15.4 Å². The molecule has 2 saturated heterocycles. The zero-order chi connectivity index (χ0) is 22.9. The van der Waals surface area contributed by atoms with Crippen molar-refractivity contribution in [3.05, 3.63) is 23.6 Å². The van der Waals surface area contributed by atoms with Crippen molar-refractivity contribution in [2.75, 3.05) is 29.6 Å². The lowest BCUT2D eigenvalue weighted by atomic mass is 10.1. The molecule has 2 fully saturated rings. The highest BCUT2D eigenvalue weighted by Crippen LogP contribution is 2.31. The lowest BCUT2D eigenvalue weighted by Gasteiger charge is -2.20. The summed E-state index contributed by atoms with van der Waals surface area (Å²) in [4.78, 5) is 8.65. The molecule has 4 rings (SSSR count). The molecule has 176 valence electrons. The maximum atomic E-state index is 12.5. The van der Waals surface area contributed by atoms with Crippen LogP contribution >= 0.6 is 11.6 Å². The van der Waals surface area contributed by atoms with Crippen LogP contribution in [0.25, 0.3) is 0 Å². The molecule has 3 unspecified atom stereocenters. The third kappa shape index (κ3) is 5.31. The van der Waals surface area contributed by atoms with Crippen LogP contribution in [-0.2, 0) is 26.5 Å². The second-order valence-corrected chi connectivity index (χ2v) is 10.5. The van der Waals surface area contributed by atoms with E-state index in [-0.39, 0.29) is 36.5 Å². The number of anilines is 3. The highest BCUT2D eigenvalue weighted by atomic mass is 35.5. The number of aromatic nitrogens is 4. The maximum Gasteiger partial charge on any atom is 0.229 e.